The van der Waals surface area contributed by atoms with Crippen molar-refractivity contribution in [1.82, 2.24) is 4.90 Å². The molecule has 2 rings (SSSR count). The molecule has 1 aliphatic carbocycles. The summed E-state index contributed by atoms with van der Waals surface area (Å²) in [5, 5.41) is 0.823. The molecule has 0 radical (unpaired) electrons. The molecule has 0 spiro atoms. The molecule has 1 aromatic rings. The number of carbonyl (C=O) groups is 1. The van der Waals surface area contributed by atoms with E-state index in [0.29, 0.717) is 6.04 Å². The van der Waals surface area contributed by atoms with Crippen LogP contribution in [0.4, 0.5) is 0 Å². The lowest BCUT2D eigenvalue weighted by molar-refractivity contribution is 0.0598. The largest absolute Gasteiger partial charge is 0.335 e. The fourth-order valence-electron chi connectivity index (χ4n) is 2.06. The maximum absolute atomic E-state index is 12.6. The van der Waals surface area contributed by atoms with Gasteiger partial charge in [0.05, 0.1) is 5.56 Å². The highest BCUT2D eigenvalue weighted by molar-refractivity contribution is 9.11. The van der Waals surface area contributed by atoms with Crippen molar-refractivity contribution in [1.29, 1.82) is 0 Å². The number of halogens is 3. The summed E-state index contributed by atoms with van der Waals surface area (Å²) in [5.41, 5.74) is 0.742. The molecule has 0 atom stereocenters. The van der Waals surface area contributed by atoms with Crippen LogP contribution in [-0.2, 0) is 0 Å². The van der Waals surface area contributed by atoms with E-state index in [1.54, 1.807) is 0 Å². The first kappa shape index (κ1) is 14.5. The number of hydrogen-bond acceptors (Lipinski definition) is 1. The van der Waals surface area contributed by atoms with Crippen LogP contribution in [0.2, 0.25) is 0 Å². The van der Waals surface area contributed by atoms with Gasteiger partial charge in [0.15, 0.2) is 0 Å². The molecule has 98 valence electrons. The normalized spacial score (nSPS) is 15.3. The van der Waals surface area contributed by atoms with Gasteiger partial charge in [-0.1, -0.05) is 31.9 Å². The molecular weight excluding hydrogens is 426 g/mol. The van der Waals surface area contributed by atoms with Crippen LogP contribution in [0.25, 0.3) is 0 Å². The average Bonchev–Trinajstić information content (AvgIpc) is 2.25. The fourth-order valence-corrected chi connectivity index (χ4v) is 3.66. The Bertz CT molecular complexity index is 446. The van der Waals surface area contributed by atoms with E-state index < -0.39 is 0 Å². The average molecular weight is 440 g/mol. The van der Waals surface area contributed by atoms with E-state index >= 15 is 0 Å². The zero-order valence-corrected chi connectivity index (χ0v) is 14.6. The summed E-state index contributed by atoms with van der Waals surface area (Å²) in [5.74, 6) is 0.124. The van der Waals surface area contributed by atoms with Crippen molar-refractivity contribution >= 4 is 53.7 Å². The molecule has 0 aromatic heterocycles. The summed E-state index contributed by atoms with van der Waals surface area (Å²) in [6.45, 7) is 0.770. The molecule has 5 heteroatoms. The number of alkyl halides is 1. The fraction of sp³-hybridized carbons (Fsp3) is 0.462. The highest BCUT2D eigenvalue weighted by Crippen LogP contribution is 2.29. The Morgan fingerprint density at radius 3 is 2.56 bits per heavy atom. The van der Waals surface area contributed by atoms with Gasteiger partial charge in [-0.2, -0.15) is 0 Å². The number of nitrogens with zero attached hydrogens (tertiary/aromatic N) is 1. The van der Waals surface area contributed by atoms with Crippen molar-refractivity contribution in [3.63, 3.8) is 0 Å². The second-order valence-corrected chi connectivity index (χ2v) is 6.96. The van der Waals surface area contributed by atoms with E-state index in [2.05, 4.69) is 47.8 Å². The van der Waals surface area contributed by atoms with E-state index in [-0.39, 0.29) is 5.91 Å². The number of rotatable bonds is 4. The summed E-state index contributed by atoms with van der Waals surface area (Å²) in [6.07, 6.45) is 3.50. The minimum absolute atomic E-state index is 0.124. The topological polar surface area (TPSA) is 20.3 Å². The molecule has 0 saturated heterocycles. The van der Waals surface area contributed by atoms with E-state index in [9.17, 15) is 4.79 Å². The van der Waals surface area contributed by atoms with Gasteiger partial charge in [-0.05, 0) is 53.4 Å². The quantitative estimate of drug-likeness (QED) is 0.628. The maximum Gasteiger partial charge on any atom is 0.255 e. The summed E-state index contributed by atoms with van der Waals surface area (Å²) >= 11 is 10.3. The van der Waals surface area contributed by atoms with Crippen molar-refractivity contribution < 1.29 is 4.79 Å². The van der Waals surface area contributed by atoms with Gasteiger partial charge in [-0.3, -0.25) is 4.79 Å². The first-order valence-electron chi connectivity index (χ1n) is 5.95. The second-order valence-electron chi connectivity index (χ2n) is 4.40. The Morgan fingerprint density at radius 2 is 2.06 bits per heavy atom. The standard InChI is InChI=1S/C13H14Br3NO/c14-6-7-17(10-2-1-3-10)13(18)11-5-4-9(15)8-12(11)16/h4-5,8,10H,1-3,6-7H2. The van der Waals surface area contributed by atoms with Crippen LogP contribution in [0.3, 0.4) is 0 Å². The molecule has 0 bridgehead atoms. The molecule has 1 saturated carbocycles. The number of hydrogen-bond donors (Lipinski definition) is 0. The molecule has 1 aliphatic rings. The lowest BCUT2D eigenvalue weighted by atomic mass is 9.91. The van der Waals surface area contributed by atoms with Gasteiger partial charge in [0.1, 0.15) is 0 Å². The molecular formula is C13H14Br3NO. The third-order valence-corrected chi connectivity index (χ3v) is 4.77. The minimum atomic E-state index is 0.124. The molecule has 0 N–H and O–H groups in total. The Hall–Kier alpha value is 0.130. The molecule has 18 heavy (non-hydrogen) atoms. The van der Waals surface area contributed by atoms with Crippen LogP contribution in [0.5, 0.6) is 0 Å². The Morgan fingerprint density at radius 1 is 1.33 bits per heavy atom. The van der Waals surface area contributed by atoms with E-state index in [0.717, 1.165) is 39.2 Å². The Balaban J connectivity index is 2.21. The van der Waals surface area contributed by atoms with Gasteiger partial charge in [0, 0.05) is 26.9 Å². The third kappa shape index (κ3) is 3.17. The molecule has 1 aromatic carbocycles. The van der Waals surface area contributed by atoms with Crippen molar-refractivity contribution in [2.45, 2.75) is 25.3 Å². The Labute approximate surface area is 133 Å². The zero-order chi connectivity index (χ0) is 13.1. The van der Waals surface area contributed by atoms with Gasteiger partial charge in [0.25, 0.3) is 5.91 Å². The van der Waals surface area contributed by atoms with E-state index in [4.69, 9.17) is 0 Å². The molecule has 1 fully saturated rings. The summed E-state index contributed by atoms with van der Waals surface area (Å²) in [4.78, 5) is 14.6. The summed E-state index contributed by atoms with van der Waals surface area (Å²) in [6, 6.07) is 6.12. The first-order valence-corrected chi connectivity index (χ1v) is 8.66. The number of benzene rings is 1. The first-order chi connectivity index (χ1) is 8.63. The van der Waals surface area contributed by atoms with Crippen molar-refractivity contribution in [3.05, 3.63) is 32.7 Å². The van der Waals surface area contributed by atoms with Crippen LogP contribution in [0.15, 0.2) is 27.1 Å². The predicted octanol–water partition coefficient (Wildman–Crippen LogP) is 4.60. The van der Waals surface area contributed by atoms with Gasteiger partial charge in [-0.25, -0.2) is 0 Å². The van der Waals surface area contributed by atoms with Crippen molar-refractivity contribution in [3.8, 4) is 0 Å². The zero-order valence-electron chi connectivity index (χ0n) is 9.83. The van der Waals surface area contributed by atoms with Gasteiger partial charge >= 0.3 is 0 Å². The SMILES string of the molecule is O=C(c1ccc(Br)cc1Br)N(CCBr)C1CCC1. The van der Waals surface area contributed by atoms with Gasteiger partial charge in [-0.15, -0.1) is 0 Å². The Kier molecular flexibility index (Phi) is 5.27. The highest BCUT2D eigenvalue weighted by atomic mass is 79.9. The van der Waals surface area contributed by atoms with Crippen LogP contribution < -0.4 is 0 Å². The van der Waals surface area contributed by atoms with Crippen LogP contribution in [-0.4, -0.2) is 28.7 Å². The third-order valence-electron chi connectivity index (χ3n) is 3.26. The summed E-state index contributed by atoms with van der Waals surface area (Å²) < 4.78 is 1.82. The number of carbonyl (C=O) groups excluding carboxylic acids is 1. The molecule has 0 aliphatic heterocycles. The van der Waals surface area contributed by atoms with Crippen LogP contribution in [0.1, 0.15) is 29.6 Å². The van der Waals surface area contributed by atoms with Crippen LogP contribution >= 0.6 is 47.8 Å². The van der Waals surface area contributed by atoms with Gasteiger partial charge < -0.3 is 4.90 Å². The smallest absolute Gasteiger partial charge is 0.255 e. The molecule has 2 nitrogen and oxygen atoms in total. The molecule has 0 heterocycles. The molecule has 0 unspecified atom stereocenters. The monoisotopic (exact) mass is 437 g/mol. The van der Waals surface area contributed by atoms with E-state index in [1.165, 1.54) is 6.42 Å². The maximum atomic E-state index is 12.6. The molecule has 1 amide bonds. The predicted molar refractivity (Wildman–Crippen MR) is 84.3 cm³/mol. The summed E-state index contributed by atoms with van der Waals surface area (Å²) in [7, 11) is 0. The van der Waals surface area contributed by atoms with E-state index in [1.807, 2.05) is 23.1 Å². The highest BCUT2D eigenvalue weighted by Gasteiger charge is 2.29. The van der Waals surface area contributed by atoms with Crippen molar-refractivity contribution in [2.75, 3.05) is 11.9 Å². The lowest BCUT2D eigenvalue weighted by Crippen LogP contribution is -2.45. The lowest BCUT2D eigenvalue weighted by Gasteiger charge is -2.37. The van der Waals surface area contributed by atoms with Crippen LogP contribution in [0, 0.1) is 0 Å². The number of amides is 1. The second kappa shape index (κ2) is 6.53. The van der Waals surface area contributed by atoms with Crippen molar-refractivity contribution in [2.24, 2.45) is 0 Å². The van der Waals surface area contributed by atoms with Gasteiger partial charge in [0.2, 0.25) is 0 Å². The minimum Gasteiger partial charge on any atom is -0.335 e.